The molecule has 0 aromatic heterocycles. The van der Waals surface area contributed by atoms with Crippen LogP contribution >= 0.6 is 11.6 Å². The lowest BCUT2D eigenvalue weighted by Crippen LogP contribution is -2.59. The molecule has 0 bridgehead atoms. The summed E-state index contributed by atoms with van der Waals surface area (Å²) in [6, 6.07) is 14.3. The highest BCUT2D eigenvalue weighted by Crippen LogP contribution is 2.46. The van der Waals surface area contributed by atoms with Crippen LogP contribution in [0.1, 0.15) is 67.4 Å². The van der Waals surface area contributed by atoms with Crippen molar-refractivity contribution in [3.63, 3.8) is 0 Å². The number of amidine groups is 1. The van der Waals surface area contributed by atoms with Crippen molar-refractivity contribution in [1.29, 1.82) is 0 Å². The third-order valence-electron chi connectivity index (χ3n) is 8.31. The molecule has 2 heterocycles. The van der Waals surface area contributed by atoms with Gasteiger partial charge in [-0.25, -0.2) is 4.99 Å². The maximum Gasteiger partial charge on any atom is 0.251 e. The number of likely N-dealkylation sites (tertiary alicyclic amines) is 1. The van der Waals surface area contributed by atoms with Crippen LogP contribution in [-0.2, 0) is 10.4 Å². The Balaban J connectivity index is 1.28. The number of nitrogens with one attached hydrogen (secondary N) is 1. The zero-order chi connectivity index (χ0) is 26.9. The minimum absolute atomic E-state index is 0.0516. The molecule has 2 aromatic carbocycles. The van der Waals surface area contributed by atoms with Crippen LogP contribution in [-0.4, -0.2) is 53.5 Å². The topological polar surface area (TPSA) is 107 Å². The molecule has 9 heteroatoms. The average molecular weight is 536 g/mol. The second-order valence-electron chi connectivity index (χ2n) is 11.2. The highest BCUT2D eigenvalue weighted by atomic mass is 35.5. The van der Waals surface area contributed by atoms with Crippen molar-refractivity contribution in [1.82, 2.24) is 10.2 Å². The Kier molecular flexibility index (Phi) is 7.38. The molecule has 38 heavy (non-hydrogen) atoms. The van der Waals surface area contributed by atoms with Crippen molar-refractivity contribution in [2.24, 2.45) is 26.6 Å². The van der Waals surface area contributed by atoms with Crippen molar-refractivity contribution < 1.29 is 14.7 Å². The number of piperidine rings is 1. The van der Waals surface area contributed by atoms with Gasteiger partial charge in [-0.1, -0.05) is 62.6 Å². The molecule has 2 fully saturated rings. The average Bonchev–Trinajstić information content (AvgIpc) is 3.46. The van der Waals surface area contributed by atoms with Crippen molar-refractivity contribution in [3.8, 4) is 0 Å². The van der Waals surface area contributed by atoms with E-state index in [1.165, 1.54) is 0 Å². The van der Waals surface area contributed by atoms with Crippen LogP contribution in [0.2, 0.25) is 5.02 Å². The van der Waals surface area contributed by atoms with Gasteiger partial charge in [-0.3, -0.25) is 9.59 Å². The molecule has 0 radical (unpaired) electrons. The first kappa shape index (κ1) is 26.5. The van der Waals surface area contributed by atoms with E-state index in [0.717, 1.165) is 36.8 Å². The molecule has 2 N–H and O–H groups in total. The number of hydrogen-bond acceptors (Lipinski definition) is 6. The first-order chi connectivity index (χ1) is 18.2. The van der Waals surface area contributed by atoms with E-state index >= 15 is 0 Å². The van der Waals surface area contributed by atoms with E-state index in [0.29, 0.717) is 42.6 Å². The first-order valence-corrected chi connectivity index (χ1v) is 13.7. The number of carbonyl (C=O) groups is 2. The number of nitrogens with zero attached hydrogens (tertiary/aromatic N) is 4. The number of azo groups is 1. The molecule has 3 aliphatic rings. The summed E-state index contributed by atoms with van der Waals surface area (Å²) < 4.78 is 0. The third kappa shape index (κ3) is 5.12. The predicted octanol–water partition coefficient (Wildman–Crippen LogP) is 4.94. The number of aliphatic imine (C=N–C) groups is 1. The maximum atomic E-state index is 13.8. The Hall–Kier alpha value is -3.10. The molecule has 2 aromatic rings. The minimum Gasteiger partial charge on any atom is -0.384 e. The van der Waals surface area contributed by atoms with E-state index in [1.807, 2.05) is 43.0 Å². The Morgan fingerprint density at radius 1 is 1.11 bits per heavy atom. The fraction of sp³-hybridized carbons (Fsp3) is 0.483. The molecule has 2 amide bonds. The molecule has 1 saturated heterocycles. The number of amides is 2. The summed E-state index contributed by atoms with van der Waals surface area (Å²) in [5.41, 5.74) is 0.440. The van der Waals surface area contributed by atoms with Crippen LogP contribution in [0.4, 0.5) is 0 Å². The van der Waals surface area contributed by atoms with Gasteiger partial charge in [0.1, 0.15) is 0 Å². The monoisotopic (exact) mass is 535 g/mol. The molecule has 8 nitrogen and oxygen atoms in total. The highest BCUT2D eigenvalue weighted by Gasteiger charge is 2.50. The normalized spacial score (nSPS) is 26.6. The molecule has 1 saturated carbocycles. The number of aliphatic hydroxyl groups is 1. The van der Waals surface area contributed by atoms with Gasteiger partial charge < -0.3 is 15.3 Å². The molecule has 0 unspecified atom stereocenters. The van der Waals surface area contributed by atoms with E-state index in [9.17, 15) is 14.7 Å². The van der Waals surface area contributed by atoms with Gasteiger partial charge in [0.2, 0.25) is 5.91 Å². The quantitative estimate of drug-likeness (QED) is 0.566. The summed E-state index contributed by atoms with van der Waals surface area (Å²) in [7, 11) is 0. The molecule has 2 aliphatic heterocycles. The Bertz CT molecular complexity index is 1280. The summed E-state index contributed by atoms with van der Waals surface area (Å²) >= 11 is 6.07. The largest absolute Gasteiger partial charge is 0.384 e. The van der Waals surface area contributed by atoms with Gasteiger partial charge in [0.15, 0.2) is 12.5 Å². The maximum absolute atomic E-state index is 13.8. The number of carbonyl (C=O) groups excluding carboxylic acids is 2. The van der Waals surface area contributed by atoms with Gasteiger partial charge in [0.25, 0.3) is 5.91 Å². The van der Waals surface area contributed by atoms with Crippen LogP contribution < -0.4 is 5.32 Å². The van der Waals surface area contributed by atoms with Crippen LogP contribution in [0.5, 0.6) is 0 Å². The Labute approximate surface area is 228 Å². The van der Waals surface area contributed by atoms with Gasteiger partial charge in [-0.2, -0.15) is 5.11 Å². The van der Waals surface area contributed by atoms with Gasteiger partial charge in [-0.15, -0.1) is 5.11 Å². The highest BCUT2D eigenvalue weighted by molar-refractivity contribution is 6.30. The second-order valence-corrected chi connectivity index (χ2v) is 11.6. The Morgan fingerprint density at radius 3 is 2.58 bits per heavy atom. The number of hydrogen-bond donors (Lipinski definition) is 2. The lowest BCUT2D eigenvalue weighted by molar-refractivity contribution is -0.158. The fourth-order valence-corrected chi connectivity index (χ4v) is 6.16. The Morgan fingerprint density at radius 2 is 1.87 bits per heavy atom. The summed E-state index contributed by atoms with van der Waals surface area (Å²) in [6.07, 6.45) is 3.85. The van der Waals surface area contributed by atoms with Gasteiger partial charge in [0.05, 0.1) is 11.5 Å². The standard InChI is InChI=1S/C29H34ClN5O3/c1-28(2)17-35(15-14-29(28,38)21-10-12-22(30)13-11-21)27(37)23-8-3-4-9-24(23)33-26(36)20-7-5-6-19(16-20)25-31-18-32-34-25/h5-7,10-13,16,23-24,38H,3-4,8-9,14-15,17-18H2,1-2H3,(H,33,36)/t23-,24+,29-/m0/s1. The van der Waals surface area contributed by atoms with Gasteiger partial charge in [0, 0.05) is 40.7 Å². The van der Waals surface area contributed by atoms with E-state index in [-0.39, 0.29) is 23.8 Å². The van der Waals surface area contributed by atoms with Crippen LogP contribution in [0.25, 0.3) is 0 Å². The molecular formula is C29H34ClN5O3. The van der Waals surface area contributed by atoms with Crippen molar-refractivity contribution >= 4 is 29.3 Å². The van der Waals surface area contributed by atoms with E-state index in [2.05, 4.69) is 20.5 Å². The van der Waals surface area contributed by atoms with E-state index in [4.69, 9.17) is 11.6 Å². The van der Waals surface area contributed by atoms with Crippen LogP contribution in [0, 0.1) is 11.3 Å². The second kappa shape index (κ2) is 10.6. The lowest BCUT2D eigenvalue weighted by atomic mass is 9.66. The van der Waals surface area contributed by atoms with Crippen LogP contribution in [0.15, 0.2) is 63.8 Å². The summed E-state index contributed by atoms with van der Waals surface area (Å²) in [4.78, 5) is 33.2. The SMILES string of the molecule is CC1(C)CN(C(=O)[C@H]2CCCC[C@H]2NC(=O)c2cccc(C3=NCN=N3)c2)CC[C@]1(O)c1ccc(Cl)cc1. The fourth-order valence-electron chi connectivity index (χ4n) is 6.03. The number of rotatable bonds is 5. The van der Waals surface area contributed by atoms with E-state index < -0.39 is 11.0 Å². The zero-order valence-corrected chi connectivity index (χ0v) is 22.6. The van der Waals surface area contributed by atoms with Crippen LogP contribution in [0.3, 0.4) is 0 Å². The molecule has 3 atom stereocenters. The molecule has 1 aliphatic carbocycles. The zero-order valence-electron chi connectivity index (χ0n) is 21.9. The minimum atomic E-state index is -1.07. The molecule has 200 valence electrons. The molecule has 5 rings (SSSR count). The summed E-state index contributed by atoms with van der Waals surface area (Å²) in [5.74, 6) is 0.0805. The van der Waals surface area contributed by atoms with Gasteiger partial charge in [-0.05, 0) is 49.1 Å². The van der Waals surface area contributed by atoms with Crippen molar-refractivity contribution in [2.45, 2.75) is 57.6 Å². The molecule has 0 spiro atoms. The smallest absolute Gasteiger partial charge is 0.251 e. The summed E-state index contributed by atoms with van der Waals surface area (Å²) in [6.45, 7) is 5.20. The first-order valence-electron chi connectivity index (χ1n) is 13.3. The van der Waals surface area contributed by atoms with Gasteiger partial charge >= 0.3 is 0 Å². The third-order valence-corrected chi connectivity index (χ3v) is 8.57. The van der Waals surface area contributed by atoms with Crippen molar-refractivity contribution in [3.05, 3.63) is 70.2 Å². The number of benzene rings is 2. The predicted molar refractivity (Wildman–Crippen MR) is 146 cm³/mol. The van der Waals surface area contributed by atoms with Crippen molar-refractivity contribution in [2.75, 3.05) is 19.8 Å². The number of halogens is 1. The van der Waals surface area contributed by atoms with E-state index in [1.54, 1.807) is 24.3 Å². The molecular weight excluding hydrogens is 502 g/mol. The lowest BCUT2D eigenvalue weighted by Gasteiger charge is -2.51. The summed E-state index contributed by atoms with van der Waals surface area (Å²) in [5, 5.41) is 23.4.